The fourth-order valence-electron chi connectivity index (χ4n) is 1.52. The van der Waals surface area contributed by atoms with E-state index in [0.717, 1.165) is 11.1 Å². The third-order valence-electron chi connectivity index (χ3n) is 2.20. The Kier molecular flexibility index (Phi) is 4.28. The molecule has 0 saturated carbocycles. The number of carbonyl (C=O) groups excluding carboxylic acids is 1. The van der Waals surface area contributed by atoms with E-state index >= 15 is 0 Å². The lowest BCUT2D eigenvalue weighted by Crippen LogP contribution is -2.10. The number of hydrogen-bond donors (Lipinski definition) is 0. The minimum absolute atomic E-state index is 0.188. The first kappa shape index (κ1) is 11.7. The van der Waals surface area contributed by atoms with Gasteiger partial charge in [-0.15, -0.1) is 0 Å². The van der Waals surface area contributed by atoms with Gasteiger partial charge in [0.1, 0.15) is 0 Å². The molecule has 0 fully saturated rings. The molecule has 1 aromatic rings. The van der Waals surface area contributed by atoms with Gasteiger partial charge in [0.05, 0.1) is 13.0 Å². The summed E-state index contributed by atoms with van der Waals surface area (Å²) in [4.78, 5) is 15.4. The highest BCUT2D eigenvalue weighted by molar-refractivity contribution is 5.72. The second kappa shape index (κ2) is 5.49. The minimum Gasteiger partial charge on any atom is -0.466 e. The molecule has 0 aromatic carbocycles. The summed E-state index contributed by atoms with van der Waals surface area (Å²) in [5, 5.41) is 0. The van der Waals surface area contributed by atoms with Gasteiger partial charge in [0.2, 0.25) is 0 Å². The van der Waals surface area contributed by atoms with Gasteiger partial charge in [0.25, 0.3) is 0 Å². The molecule has 1 aromatic heterocycles. The number of carbonyl (C=O) groups is 1. The lowest BCUT2D eigenvalue weighted by Gasteiger charge is -2.11. The number of ether oxygens (including phenoxy) is 1. The third-order valence-corrected chi connectivity index (χ3v) is 2.20. The Bertz CT molecular complexity index is 334. The first-order chi connectivity index (χ1) is 7.15. The topological polar surface area (TPSA) is 39.2 Å². The summed E-state index contributed by atoms with van der Waals surface area (Å²) in [6.07, 6.45) is 3.81. The first-order valence-electron chi connectivity index (χ1n) is 5.23. The van der Waals surface area contributed by atoms with Crippen LogP contribution in [0.3, 0.4) is 0 Å². The van der Waals surface area contributed by atoms with Crippen LogP contribution < -0.4 is 0 Å². The van der Waals surface area contributed by atoms with E-state index in [0.29, 0.717) is 18.9 Å². The Morgan fingerprint density at radius 3 is 2.87 bits per heavy atom. The zero-order valence-corrected chi connectivity index (χ0v) is 9.49. The smallest absolute Gasteiger partial charge is 0.310 e. The molecule has 82 valence electrons. The molecule has 1 rings (SSSR count). The van der Waals surface area contributed by atoms with Crippen LogP contribution >= 0.6 is 0 Å². The van der Waals surface area contributed by atoms with Crippen LogP contribution in [0.2, 0.25) is 0 Å². The van der Waals surface area contributed by atoms with Crippen LogP contribution in [0, 0.1) is 0 Å². The summed E-state index contributed by atoms with van der Waals surface area (Å²) >= 11 is 0. The maximum atomic E-state index is 11.3. The largest absolute Gasteiger partial charge is 0.466 e. The lowest BCUT2D eigenvalue weighted by atomic mass is 9.97. The normalized spacial score (nSPS) is 10.4. The zero-order valence-electron chi connectivity index (χ0n) is 9.49. The highest BCUT2D eigenvalue weighted by atomic mass is 16.5. The van der Waals surface area contributed by atoms with Crippen molar-refractivity contribution in [3.8, 4) is 0 Å². The van der Waals surface area contributed by atoms with Crippen LogP contribution in [0.25, 0.3) is 0 Å². The Balaban J connectivity index is 2.80. The Morgan fingerprint density at radius 1 is 1.53 bits per heavy atom. The summed E-state index contributed by atoms with van der Waals surface area (Å²) in [5.74, 6) is 0.213. The van der Waals surface area contributed by atoms with Crippen molar-refractivity contribution in [1.29, 1.82) is 0 Å². The molecule has 3 heteroatoms. The number of rotatable bonds is 4. The average Bonchev–Trinajstić information content (AvgIpc) is 2.18. The number of aromatic nitrogens is 1. The van der Waals surface area contributed by atoms with Gasteiger partial charge in [-0.1, -0.05) is 13.8 Å². The Labute approximate surface area is 90.5 Å². The van der Waals surface area contributed by atoms with E-state index in [1.54, 1.807) is 12.4 Å². The van der Waals surface area contributed by atoms with Crippen LogP contribution in [0.1, 0.15) is 37.8 Å². The molecule has 0 radical (unpaired) electrons. The van der Waals surface area contributed by atoms with Crippen LogP contribution in [0.5, 0.6) is 0 Å². The molecule has 0 aliphatic rings. The molecule has 0 spiro atoms. The number of hydrogen-bond acceptors (Lipinski definition) is 3. The molecular formula is C12H17NO2. The zero-order chi connectivity index (χ0) is 11.3. The van der Waals surface area contributed by atoms with Crippen molar-refractivity contribution in [2.24, 2.45) is 0 Å². The minimum atomic E-state index is -0.188. The fraction of sp³-hybridized carbons (Fsp3) is 0.500. The molecule has 1 heterocycles. The standard InChI is InChI=1S/C12H17NO2/c1-4-15-12(14)7-10-8-13-6-5-11(10)9(2)3/h5-6,8-9H,4,7H2,1-3H3. The van der Waals surface area contributed by atoms with E-state index in [4.69, 9.17) is 4.74 Å². The van der Waals surface area contributed by atoms with Gasteiger partial charge in [0.15, 0.2) is 0 Å². The number of nitrogens with zero attached hydrogens (tertiary/aromatic N) is 1. The van der Waals surface area contributed by atoms with E-state index < -0.39 is 0 Å². The van der Waals surface area contributed by atoms with Crippen molar-refractivity contribution in [1.82, 2.24) is 4.98 Å². The molecule has 0 amide bonds. The Hall–Kier alpha value is -1.38. The van der Waals surface area contributed by atoms with E-state index in [1.807, 2.05) is 13.0 Å². The van der Waals surface area contributed by atoms with Gasteiger partial charge in [-0.25, -0.2) is 0 Å². The monoisotopic (exact) mass is 207 g/mol. The molecule has 0 bridgehead atoms. The third kappa shape index (κ3) is 3.35. The van der Waals surface area contributed by atoms with Crippen LogP contribution in [-0.4, -0.2) is 17.6 Å². The van der Waals surface area contributed by atoms with Gasteiger partial charge in [0, 0.05) is 12.4 Å². The summed E-state index contributed by atoms with van der Waals surface area (Å²) in [6.45, 7) is 6.44. The molecule has 0 unspecified atom stereocenters. The number of esters is 1. The summed E-state index contributed by atoms with van der Waals surface area (Å²) in [7, 11) is 0. The van der Waals surface area contributed by atoms with Crippen molar-refractivity contribution in [3.63, 3.8) is 0 Å². The highest BCUT2D eigenvalue weighted by Gasteiger charge is 2.10. The van der Waals surface area contributed by atoms with E-state index in [2.05, 4.69) is 18.8 Å². The molecule has 3 nitrogen and oxygen atoms in total. The second-order valence-corrected chi connectivity index (χ2v) is 3.71. The maximum absolute atomic E-state index is 11.3. The van der Waals surface area contributed by atoms with E-state index in [-0.39, 0.29) is 5.97 Å². The van der Waals surface area contributed by atoms with Crippen LogP contribution in [0.15, 0.2) is 18.5 Å². The van der Waals surface area contributed by atoms with Gasteiger partial charge in [-0.05, 0) is 30.0 Å². The molecule has 15 heavy (non-hydrogen) atoms. The van der Waals surface area contributed by atoms with Crippen molar-refractivity contribution >= 4 is 5.97 Å². The molecular weight excluding hydrogens is 190 g/mol. The molecule has 0 atom stereocenters. The summed E-state index contributed by atoms with van der Waals surface area (Å²) in [6, 6.07) is 1.96. The second-order valence-electron chi connectivity index (χ2n) is 3.71. The van der Waals surface area contributed by atoms with E-state index in [9.17, 15) is 4.79 Å². The molecule has 0 saturated heterocycles. The summed E-state index contributed by atoms with van der Waals surface area (Å²) in [5.41, 5.74) is 2.13. The average molecular weight is 207 g/mol. The predicted molar refractivity (Wildman–Crippen MR) is 58.7 cm³/mol. The van der Waals surface area contributed by atoms with Crippen LogP contribution in [-0.2, 0) is 16.0 Å². The highest BCUT2D eigenvalue weighted by Crippen LogP contribution is 2.18. The molecule has 0 aliphatic carbocycles. The van der Waals surface area contributed by atoms with Crippen LogP contribution in [0.4, 0.5) is 0 Å². The predicted octanol–water partition coefficient (Wildman–Crippen LogP) is 2.31. The van der Waals surface area contributed by atoms with Gasteiger partial charge in [-0.3, -0.25) is 9.78 Å². The van der Waals surface area contributed by atoms with Gasteiger partial charge in [-0.2, -0.15) is 0 Å². The molecule has 0 N–H and O–H groups in total. The SMILES string of the molecule is CCOC(=O)Cc1cnccc1C(C)C. The lowest BCUT2D eigenvalue weighted by molar-refractivity contribution is -0.142. The summed E-state index contributed by atoms with van der Waals surface area (Å²) < 4.78 is 4.91. The Morgan fingerprint density at radius 2 is 2.27 bits per heavy atom. The van der Waals surface area contributed by atoms with Crippen molar-refractivity contribution < 1.29 is 9.53 Å². The first-order valence-corrected chi connectivity index (χ1v) is 5.23. The van der Waals surface area contributed by atoms with Crippen molar-refractivity contribution in [2.75, 3.05) is 6.61 Å². The van der Waals surface area contributed by atoms with Gasteiger partial charge < -0.3 is 4.74 Å². The van der Waals surface area contributed by atoms with E-state index in [1.165, 1.54) is 0 Å². The maximum Gasteiger partial charge on any atom is 0.310 e. The van der Waals surface area contributed by atoms with Gasteiger partial charge >= 0.3 is 5.97 Å². The van der Waals surface area contributed by atoms with Crippen molar-refractivity contribution in [2.45, 2.75) is 33.1 Å². The molecule has 0 aliphatic heterocycles. The van der Waals surface area contributed by atoms with Crippen molar-refractivity contribution in [3.05, 3.63) is 29.6 Å². The quantitative estimate of drug-likeness (QED) is 0.711. The fourth-order valence-corrected chi connectivity index (χ4v) is 1.52. The number of pyridine rings is 1.